The number of benzene rings is 2. The van der Waals surface area contributed by atoms with E-state index in [1.54, 1.807) is 30.3 Å². The maximum absolute atomic E-state index is 5.68. The molecule has 3 rings (SSSR count). The van der Waals surface area contributed by atoms with E-state index in [9.17, 15) is 0 Å². The Bertz CT molecular complexity index is 717. The van der Waals surface area contributed by atoms with Crippen LogP contribution in [0, 0.1) is 0 Å². The van der Waals surface area contributed by atoms with Crippen LogP contribution in [0.1, 0.15) is 0 Å². The Hall–Kier alpha value is -2.57. The number of hydrazine groups is 2. The van der Waals surface area contributed by atoms with E-state index in [4.69, 9.17) is 21.8 Å². The summed E-state index contributed by atoms with van der Waals surface area (Å²) in [5.74, 6) is 11.5. The van der Waals surface area contributed by atoms with Gasteiger partial charge in [0.25, 0.3) is 0 Å². The number of hydrogen-bond acceptors (Lipinski definition) is 6. The van der Waals surface area contributed by atoms with Crippen molar-refractivity contribution in [3.8, 4) is 11.5 Å². The first-order valence-electron chi connectivity index (χ1n) is 5.69. The van der Waals surface area contributed by atoms with Crippen molar-refractivity contribution in [2.45, 2.75) is 0 Å². The van der Waals surface area contributed by atoms with E-state index in [0.29, 0.717) is 28.4 Å². The van der Waals surface area contributed by atoms with Gasteiger partial charge < -0.3 is 10.2 Å². The molecule has 6 heteroatoms. The third kappa shape index (κ3) is 2.10. The van der Waals surface area contributed by atoms with Gasteiger partial charge in [-0.25, -0.2) is 21.8 Å². The van der Waals surface area contributed by atoms with Gasteiger partial charge in [-0.2, -0.15) is 0 Å². The number of aromatic nitrogens is 1. The molecule has 2 aromatic carbocycles. The number of nitrogen functional groups attached to an aromatic ring is 1. The van der Waals surface area contributed by atoms with E-state index < -0.39 is 0 Å². The fourth-order valence-electron chi connectivity index (χ4n) is 1.83. The molecule has 3 aromatic rings. The van der Waals surface area contributed by atoms with Crippen LogP contribution >= 0.6 is 0 Å². The van der Waals surface area contributed by atoms with Crippen LogP contribution in [0.3, 0.4) is 0 Å². The topological polar surface area (TPSA) is 107 Å². The summed E-state index contributed by atoms with van der Waals surface area (Å²) in [6.45, 7) is 0. The van der Waals surface area contributed by atoms with Crippen LogP contribution in [0.4, 0.5) is 11.4 Å². The van der Waals surface area contributed by atoms with Gasteiger partial charge in [0.15, 0.2) is 5.58 Å². The second-order valence-electron chi connectivity index (χ2n) is 4.20. The van der Waals surface area contributed by atoms with E-state index in [1.807, 2.05) is 12.1 Å². The molecule has 0 aliphatic heterocycles. The fourth-order valence-corrected chi connectivity index (χ4v) is 1.83. The molecule has 0 aliphatic carbocycles. The monoisotopic (exact) mass is 255 g/mol. The van der Waals surface area contributed by atoms with Crippen molar-refractivity contribution in [2.75, 3.05) is 10.9 Å². The minimum Gasteiger partial charge on any atom is -0.436 e. The SMILES string of the molecule is Nc1ccc(-c2nc3cc(N(N)N)ccc3o2)cc1. The number of nitrogens with zero attached hydrogens (tertiary/aromatic N) is 2. The number of fused-ring (bicyclic) bond motifs is 1. The molecule has 0 bridgehead atoms. The Balaban J connectivity index is 2.08. The van der Waals surface area contributed by atoms with E-state index in [2.05, 4.69) is 4.98 Å². The van der Waals surface area contributed by atoms with Crippen LogP contribution in [0.5, 0.6) is 0 Å². The van der Waals surface area contributed by atoms with E-state index >= 15 is 0 Å². The molecular formula is C13H13N5O. The lowest BCUT2D eigenvalue weighted by Gasteiger charge is -2.09. The van der Waals surface area contributed by atoms with Crippen LogP contribution in [-0.2, 0) is 0 Å². The molecule has 0 amide bonds. The Morgan fingerprint density at radius 2 is 1.74 bits per heavy atom. The molecule has 1 heterocycles. The van der Waals surface area contributed by atoms with Crippen LogP contribution < -0.4 is 22.5 Å². The van der Waals surface area contributed by atoms with Crippen molar-refractivity contribution in [1.29, 1.82) is 0 Å². The van der Waals surface area contributed by atoms with E-state index in [0.717, 1.165) is 10.7 Å². The molecular weight excluding hydrogens is 242 g/mol. The Kier molecular flexibility index (Phi) is 2.59. The van der Waals surface area contributed by atoms with Crippen LogP contribution in [0.15, 0.2) is 46.9 Å². The average molecular weight is 255 g/mol. The zero-order chi connectivity index (χ0) is 13.4. The van der Waals surface area contributed by atoms with Crippen LogP contribution in [-0.4, -0.2) is 4.98 Å². The quantitative estimate of drug-likeness (QED) is 0.365. The summed E-state index contributed by atoms with van der Waals surface area (Å²) in [5.41, 5.74) is 9.25. The first-order valence-corrected chi connectivity index (χ1v) is 5.69. The van der Waals surface area contributed by atoms with Crippen molar-refractivity contribution in [3.63, 3.8) is 0 Å². The van der Waals surface area contributed by atoms with Gasteiger partial charge in [-0.3, -0.25) is 0 Å². The van der Waals surface area contributed by atoms with Crippen molar-refractivity contribution in [3.05, 3.63) is 42.5 Å². The molecule has 6 N–H and O–H groups in total. The molecule has 19 heavy (non-hydrogen) atoms. The molecule has 1 aromatic heterocycles. The predicted molar refractivity (Wildman–Crippen MR) is 74.7 cm³/mol. The second kappa shape index (κ2) is 4.27. The lowest BCUT2D eigenvalue weighted by Crippen LogP contribution is -2.37. The zero-order valence-electron chi connectivity index (χ0n) is 10.1. The number of oxazole rings is 1. The summed E-state index contributed by atoms with van der Waals surface area (Å²) in [4.78, 5) is 4.41. The highest BCUT2D eigenvalue weighted by molar-refractivity contribution is 5.80. The van der Waals surface area contributed by atoms with Crippen molar-refractivity contribution in [2.24, 2.45) is 11.7 Å². The molecule has 0 saturated heterocycles. The Labute approximate surface area is 109 Å². The number of rotatable bonds is 2. The van der Waals surface area contributed by atoms with E-state index in [-0.39, 0.29) is 0 Å². The number of nitrogens with two attached hydrogens (primary N) is 3. The largest absolute Gasteiger partial charge is 0.436 e. The fraction of sp³-hybridized carbons (Fsp3) is 0. The first-order chi connectivity index (χ1) is 9.13. The van der Waals surface area contributed by atoms with Crippen LogP contribution in [0.25, 0.3) is 22.6 Å². The lowest BCUT2D eigenvalue weighted by molar-refractivity contribution is 0.620. The molecule has 0 unspecified atom stereocenters. The van der Waals surface area contributed by atoms with Gasteiger partial charge in [0.05, 0.1) is 5.69 Å². The summed E-state index contributed by atoms with van der Waals surface area (Å²) in [6, 6.07) is 12.6. The van der Waals surface area contributed by atoms with Crippen LogP contribution in [0.2, 0.25) is 0 Å². The molecule has 0 radical (unpaired) electrons. The van der Waals surface area contributed by atoms with Crippen molar-refractivity contribution >= 4 is 22.5 Å². The average Bonchev–Trinajstić information content (AvgIpc) is 2.82. The second-order valence-corrected chi connectivity index (χ2v) is 4.20. The normalized spacial score (nSPS) is 10.8. The van der Waals surface area contributed by atoms with Gasteiger partial charge in [-0.05, 0) is 42.5 Å². The summed E-state index contributed by atoms with van der Waals surface area (Å²) in [5, 5.41) is 1.04. The van der Waals surface area contributed by atoms with Gasteiger partial charge in [0.2, 0.25) is 5.89 Å². The molecule has 96 valence electrons. The highest BCUT2D eigenvalue weighted by Gasteiger charge is 2.09. The summed E-state index contributed by atoms with van der Waals surface area (Å²) >= 11 is 0. The third-order valence-corrected chi connectivity index (χ3v) is 2.83. The standard InChI is InChI=1S/C13H13N5O/c14-9-3-1-8(2-4-9)13-17-11-7-10(18(15)16)5-6-12(11)19-13/h1-7H,14-16H2. The Morgan fingerprint density at radius 3 is 2.42 bits per heavy atom. The predicted octanol–water partition coefficient (Wildman–Crippen LogP) is 1.63. The summed E-state index contributed by atoms with van der Waals surface area (Å²) < 4.78 is 5.68. The smallest absolute Gasteiger partial charge is 0.227 e. The van der Waals surface area contributed by atoms with Crippen molar-refractivity contribution in [1.82, 2.24) is 4.98 Å². The summed E-state index contributed by atoms with van der Waals surface area (Å²) in [7, 11) is 0. The highest BCUT2D eigenvalue weighted by atomic mass is 16.3. The molecule has 6 nitrogen and oxygen atoms in total. The molecule has 0 aliphatic rings. The number of hydrogen-bond donors (Lipinski definition) is 3. The lowest BCUT2D eigenvalue weighted by atomic mass is 10.2. The minimum atomic E-state index is 0.535. The van der Waals surface area contributed by atoms with Gasteiger partial charge in [0.1, 0.15) is 5.52 Å². The molecule has 0 fully saturated rings. The minimum absolute atomic E-state index is 0.535. The molecule has 0 saturated carbocycles. The van der Waals surface area contributed by atoms with Gasteiger partial charge >= 0.3 is 0 Å². The Morgan fingerprint density at radius 1 is 1.00 bits per heavy atom. The molecule has 0 atom stereocenters. The van der Waals surface area contributed by atoms with Gasteiger partial charge in [-0.15, -0.1) is 0 Å². The first kappa shape index (κ1) is 11.5. The van der Waals surface area contributed by atoms with Gasteiger partial charge in [0, 0.05) is 11.3 Å². The third-order valence-electron chi connectivity index (χ3n) is 2.83. The number of anilines is 2. The highest BCUT2D eigenvalue weighted by Crippen LogP contribution is 2.26. The zero-order valence-corrected chi connectivity index (χ0v) is 10.1. The molecule has 0 spiro atoms. The maximum Gasteiger partial charge on any atom is 0.227 e. The summed E-state index contributed by atoms with van der Waals surface area (Å²) in [6.07, 6.45) is 0. The van der Waals surface area contributed by atoms with E-state index in [1.165, 1.54) is 0 Å². The maximum atomic E-state index is 5.68. The van der Waals surface area contributed by atoms with Crippen molar-refractivity contribution < 1.29 is 4.42 Å². The van der Waals surface area contributed by atoms with Gasteiger partial charge in [-0.1, -0.05) is 0 Å².